The van der Waals surface area contributed by atoms with E-state index in [1.165, 1.54) is 0 Å². The number of aromatic nitrogens is 4. The zero-order valence-electron chi connectivity index (χ0n) is 10.3. The molecule has 0 N–H and O–H groups in total. The third kappa shape index (κ3) is 1.79. The second-order valence-electron chi connectivity index (χ2n) is 4.32. The van der Waals surface area contributed by atoms with Crippen molar-refractivity contribution in [3.8, 4) is 0 Å². The van der Waals surface area contributed by atoms with Crippen LogP contribution in [0.3, 0.4) is 0 Å². The Morgan fingerprint density at radius 3 is 1.39 bits per heavy atom. The first-order valence-corrected chi connectivity index (χ1v) is 5.84. The molecule has 0 bridgehead atoms. The number of rotatable bonds is 2. The van der Waals surface area contributed by atoms with Crippen molar-refractivity contribution in [3.63, 3.8) is 0 Å². The Bertz CT molecular complexity index is 480. The Balaban J connectivity index is 1.69. The van der Waals surface area contributed by atoms with Crippen LogP contribution in [0.4, 0.5) is 11.6 Å². The van der Waals surface area contributed by atoms with Crippen LogP contribution in [-0.2, 0) is 0 Å². The maximum atomic E-state index is 4.72. The molecule has 0 atom stereocenters. The van der Waals surface area contributed by atoms with Gasteiger partial charge in [-0.15, -0.1) is 0 Å². The summed E-state index contributed by atoms with van der Waals surface area (Å²) < 4.78 is 9.45. The average molecular weight is 250 g/mol. The van der Waals surface area contributed by atoms with Crippen molar-refractivity contribution >= 4 is 11.6 Å². The summed E-state index contributed by atoms with van der Waals surface area (Å²) in [7, 11) is 0. The van der Waals surface area contributed by atoms with Gasteiger partial charge in [-0.05, 0) is 24.2 Å². The van der Waals surface area contributed by atoms with E-state index >= 15 is 0 Å². The molecule has 3 rings (SSSR count). The highest BCUT2D eigenvalue weighted by Gasteiger charge is 2.24. The molecule has 3 heterocycles. The maximum absolute atomic E-state index is 4.72. The van der Waals surface area contributed by atoms with Crippen LogP contribution >= 0.6 is 0 Å². The Hall–Kier alpha value is -2.12. The first kappa shape index (κ1) is 11.0. The van der Waals surface area contributed by atoms with Crippen molar-refractivity contribution in [2.24, 2.45) is 0 Å². The summed E-state index contributed by atoms with van der Waals surface area (Å²) >= 11 is 0. The normalized spacial score (nSPS) is 16.3. The van der Waals surface area contributed by atoms with Gasteiger partial charge in [-0.3, -0.25) is 0 Å². The van der Waals surface area contributed by atoms with Crippen LogP contribution in [0.5, 0.6) is 0 Å². The van der Waals surface area contributed by atoms with Gasteiger partial charge in [-0.25, -0.2) is 9.26 Å². The lowest BCUT2D eigenvalue weighted by molar-refractivity contribution is 0.303. The molecule has 0 saturated carbocycles. The topological polar surface area (TPSA) is 84.3 Å². The molecule has 0 unspecified atom stereocenters. The zero-order valence-corrected chi connectivity index (χ0v) is 10.3. The highest BCUT2D eigenvalue weighted by Crippen LogP contribution is 2.20. The summed E-state index contributed by atoms with van der Waals surface area (Å²) in [6.45, 7) is 7.18. The van der Waals surface area contributed by atoms with Crippen LogP contribution in [0.2, 0.25) is 0 Å². The molecule has 1 saturated heterocycles. The van der Waals surface area contributed by atoms with E-state index in [1.54, 1.807) is 0 Å². The Kier molecular flexibility index (Phi) is 2.62. The lowest BCUT2D eigenvalue weighted by Gasteiger charge is -2.34. The van der Waals surface area contributed by atoms with E-state index in [1.807, 2.05) is 13.8 Å². The van der Waals surface area contributed by atoms with E-state index in [4.69, 9.17) is 9.26 Å². The van der Waals surface area contributed by atoms with Gasteiger partial charge in [0.15, 0.2) is 11.6 Å². The van der Waals surface area contributed by atoms with Gasteiger partial charge in [0.2, 0.25) is 0 Å². The molecule has 0 radical (unpaired) electrons. The molecule has 8 heteroatoms. The third-order valence-corrected chi connectivity index (χ3v) is 3.14. The molecule has 0 amide bonds. The van der Waals surface area contributed by atoms with Crippen LogP contribution in [0.1, 0.15) is 11.4 Å². The molecule has 96 valence electrons. The van der Waals surface area contributed by atoms with E-state index in [9.17, 15) is 0 Å². The van der Waals surface area contributed by atoms with E-state index in [2.05, 4.69) is 30.4 Å². The second-order valence-corrected chi connectivity index (χ2v) is 4.32. The van der Waals surface area contributed by atoms with Gasteiger partial charge in [0.05, 0.1) is 0 Å². The largest absolute Gasteiger partial charge is 0.349 e. The minimum atomic E-state index is 0.822. The predicted octanol–water partition coefficient (Wildman–Crippen LogP) is 0.396. The van der Waals surface area contributed by atoms with Crippen LogP contribution in [0.15, 0.2) is 9.26 Å². The fourth-order valence-corrected chi connectivity index (χ4v) is 2.16. The molecule has 1 fully saturated rings. The summed E-state index contributed by atoms with van der Waals surface area (Å²) in [5.74, 6) is 1.65. The zero-order chi connectivity index (χ0) is 12.5. The first-order valence-electron chi connectivity index (χ1n) is 5.84. The molecule has 0 aromatic carbocycles. The molecule has 8 nitrogen and oxygen atoms in total. The smallest absolute Gasteiger partial charge is 0.196 e. The average Bonchev–Trinajstić information content (AvgIpc) is 2.98. The summed E-state index contributed by atoms with van der Waals surface area (Å²) in [5, 5.41) is 15.4. The van der Waals surface area contributed by atoms with Crippen molar-refractivity contribution in [1.29, 1.82) is 0 Å². The maximum Gasteiger partial charge on any atom is 0.196 e. The molecule has 18 heavy (non-hydrogen) atoms. The Labute approximate surface area is 103 Å². The molecular weight excluding hydrogens is 236 g/mol. The van der Waals surface area contributed by atoms with Gasteiger partial charge in [0.25, 0.3) is 0 Å². The molecule has 0 aliphatic carbocycles. The lowest BCUT2D eigenvalue weighted by Crippen LogP contribution is -2.47. The van der Waals surface area contributed by atoms with Crippen molar-refractivity contribution in [2.75, 3.05) is 36.0 Å². The number of anilines is 2. The van der Waals surface area contributed by atoms with Crippen LogP contribution < -0.4 is 9.80 Å². The molecule has 1 aliphatic heterocycles. The highest BCUT2D eigenvalue weighted by atomic mass is 16.6. The van der Waals surface area contributed by atoms with Gasteiger partial charge in [-0.2, -0.15) is 0 Å². The van der Waals surface area contributed by atoms with Gasteiger partial charge >= 0.3 is 0 Å². The monoisotopic (exact) mass is 250 g/mol. The van der Waals surface area contributed by atoms with Crippen LogP contribution in [0, 0.1) is 13.8 Å². The molecule has 1 aliphatic rings. The van der Waals surface area contributed by atoms with Gasteiger partial charge in [-0.1, -0.05) is 10.3 Å². The van der Waals surface area contributed by atoms with E-state index in [0.29, 0.717) is 0 Å². The molecule has 2 aromatic heterocycles. The number of hydrogen-bond acceptors (Lipinski definition) is 8. The highest BCUT2D eigenvalue weighted by molar-refractivity contribution is 5.47. The van der Waals surface area contributed by atoms with Crippen LogP contribution in [0.25, 0.3) is 0 Å². The van der Waals surface area contributed by atoms with Crippen molar-refractivity contribution in [2.45, 2.75) is 13.8 Å². The Morgan fingerprint density at radius 2 is 1.11 bits per heavy atom. The minimum Gasteiger partial charge on any atom is -0.349 e. The SMILES string of the molecule is Cc1nonc1N1CCN(c2nonc2C)CC1. The minimum absolute atomic E-state index is 0.822. The molecular formula is C10H14N6O2. The van der Waals surface area contributed by atoms with Gasteiger partial charge in [0.1, 0.15) is 11.4 Å². The third-order valence-electron chi connectivity index (χ3n) is 3.14. The predicted molar refractivity (Wildman–Crippen MR) is 62.5 cm³/mol. The van der Waals surface area contributed by atoms with Crippen molar-refractivity contribution in [1.82, 2.24) is 20.6 Å². The van der Waals surface area contributed by atoms with Crippen molar-refractivity contribution < 1.29 is 9.26 Å². The van der Waals surface area contributed by atoms with Crippen molar-refractivity contribution in [3.05, 3.63) is 11.4 Å². The fourth-order valence-electron chi connectivity index (χ4n) is 2.16. The molecule has 2 aromatic rings. The standard InChI is InChI=1S/C10H14N6O2/c1-7-9(13-17-11-7)15-3-5-16(6-4-15)10-8(2)12-18-14-10/h3-6H2,1-2H3. The quantitative estimate of drug-likeness (QED) is 0.757. The summed E-state index contributed by atoms with van der Waals surface area (Å²) in [6, 6.07) is 0. The van der Waals surface area contributed by atoms with E-state index in [-0.39, 0.29) is 0 Å². The Morgan fingerprint density at radius 1 is 0.722 bits per heavy atom. The summed E-state index contributed by atoms with van der Waals surface area (Å²) in [6.07, 6.45) is 0. The van der Waals surface area contributed by atoms with E-state index < -0.39 is 0 Å². The first-order chi connectivity index (χ1) is 8.75. The van der Waals surface area contributed by atoms with Gasteiger partial charge in [0, 0.05) is 26.2 Å². The summed E-state index contributed by atoms with van der Waals surface area (Å²) in [4.78, 5) is 4.32. The van der Waals surface area contributed by atoms with E-state index in [0.717, 1.165) is 49.2 Å². The summed E-state index contributed by atoms with van der Waals surface area (Å²) in [5.41, 5.74) is 1.64. The second kappa shape index (κ2) is 4.28. The number of aryl methyl sites for hydroxylation is 2. The lowest BCUT2D eigenvalue weighted by atomic mass is 10.3. The fraction of sp³-hybridized carbons (Fsp3) is 0.600. The number of hydrogen-bond donors (Lipinski definition) is 0. The number of nitrogens with zero attached hydrogens (tertiary/aromatic N) is 6. The number of piperazine rings is 1. The molecule has 0 spiro atoms. The van der Waals surface area contributed by atoms with Gasteiger partial charge < -0.3 is 9.80 Å². The van der Waals surface area contributed by atoms with Crippen LogP contribution in [-0.4, -0.2) is 46.8 Å².